The van der Waals surface area contributed by atoms with Crippen molar-refractivity contribution in [1.29, 1.82) is 0 Å². The molecule has 0 aliphatic carbocycles. The number of thioether (sulfide) groups is 1. The molecule has 8 atom stereocenters. The van der Waals surface area contributed by atoms with Crippen molar-refractivity contribution >= 4 is 59.5 Å². The minimum absolute atomic E-state index is 0.00855. The summed E-state index contributed by atoms with van der Waals surface area (Å²) in [5.41, 5.74) is -0.723. The lowest BCUT2D eigenvalue weighted by Crippen LogP contribution is -2.65. The lowest BCUT2D eigenvalue weighted by Gasteiger charge is -2.45. The first-order valence-corrected chi connectivity index (χ1v) is 20.1. The van der Waals surface area contributed by atoms with Gasteiger partial charge in [0.2, 0.25) is 17.7 Å². The minimum Gasteiger partial charge on any atom is -0.463 e. The van der Waals surface area contributed by atoms with Crippen molar-refractivity contribution in [3.63, 3.8) is 0 Å². The Bertz CT molecular complexity index is 1810. The Labute approximate surface area is 352 Å². The number of rotatable bonds is 18. The molecule has 19 heteroatoms. The molecule has 0 bridgehead atoms. The van der Waals surface area contributed by atoms with Gasteiger partial charge in [0.05, 0.1) is 0 Å². The Morgan fingerprint density at radius 2 is 1.28 bits per heavy atom. The molecule has 2 aromatic carbocycles. The van der Waals surface area contributed by atoms with Crippen molar-refractivity contribution in [1.82, 2.24) is 21.3 Å². The summed E-state index contributed by atoms with van der Waals surface area (Å²) >= 11 is 0.883. The van der Waals surface area contributed by atoms with Crippen molar-refractivity contribution in [3.05, 3.63) is 71.8 Å². The van der Waals surface area contributed by atoms with E-state index in [2.05, 4.69) is 21.3 Å². The number of esters is 4. The normalized spacial score (nSPS) is 20.1. The molecule has 0 unspecified atom stereocenters. The molecule has 1 aliphatic heterocycles. The van der Waals surface area contributed by atoms with E-state index in [0.29, 0.717) is 11.1 Å². The van der Waals surface area contributed by atoms with Gasteiger partial charge in [0.1, 0.15) is 54.5 Å². The number of nitrogens with one attached hydrogen (secondary N) is 4. The number of ether oxygens (including phenoxy) is 6. The van der Waals surface area contributed by atoms with Crippen LogP contribution in [0.15, 0.2) is 60.7 Å². The second kappa shape index (κ2) is 23.2. The lowest BCUT2D eigenvalue weighted by atomic mass is 9.97. The number of alkyl carbamates (subject to hydrolysis) is 1. The smallest absolute Gasteiger partial charge is 0.408 e. The van der Waals surface area contributed by atoms with Crippen LogP contribution in [-0.4, -0.2) is 114 Å². The fourth-order valence-corrected chi connectivity index (χ4v) is 7.08. The number of carbonyl (C=O) groups excluding carboxylic acids is 8. The van der Waals surface area contributed by atoms with Gasteiger partial charge in [-0.3, -0.25) is 28.8 Å². The summed E-state index contributed by atoms with van der Waals surface area (Å²) in [7, 11) is 0. The van der Waals surface area contributed by atoms with Gasteiger partial charge in [0.15, 0.2) is 12.2 Å². The van der Waals surface area contributed by atoms with Crippen LogP contribution >= 0.6 is 11.8 Å². The Balaban J connectivity index is 1.99. The topological polar surface area (TPSA) is 240 Å². The monoisotopic (exact) mass is 858 g/mol. The van der Waals surface area contributed by atoms with Crippen LogP contribution in [0.2, 0.25) is 0 Å². The third-order valence-corrected chi connectivity index (χ3v) is 9.62. The van der Waals surface area contributed by atoms with Gasteiger partial charge in [-0.15, -0.1) is 11.8 Å². The van der Waals surface area contributed by atoms with E-state index < -0.39 is 108 Å². The third-order valence-electron chi connectivity index (χ3n) is 8.36. The molecule has 2 aromatic rings. The zero-order chi connectivity index (χ0) is 44.6. The molecule has 0 saturated carbocycles. The largest absolute Gasteiger partial charge is 0.463 e. The molecule has 18 nitrogen and oxygen atoms in total. The molecular weight excluding hydrogens is 805 g/mol. The van der Waals surface area contributed by atoms with Crippen LogP contribution in [0.25, 0.3) is 0 Å². The molecular formula is C41H54N4O14S. The molecule has 328 valence electrons. The molecule has 0 aromatic heterocycles. The Morgan fingerprint density at radius 1 is 0.717 bits per heavy atom. The number of carbonyl (C=O) groups is 8. The molecule has 60 heavy (non-hydrogen) atoms. The van der Waals surface area contributed by atoms with Gasteiger partial charge in [-0.2, -0.15) is 0 Å². The average molecular weight is 859 g/mol. The second-order valence-electron chi connectivity index (χ2n) is 14.8. The fourth-order valence-electron chi connectivity index (χ4n) is 5.81. The Hall–Kier alpha value is -5.69. The summed E-state index contributed by atoms with van der Waals surface area (Å²) < 4.78 is 33.3. The SMILES string of the molecule is CC(=O)N[C@@H]1[C@@H](OC(C)=O)[C@@H](OC(C)=O)[C@@H](COC(C)=O)O[C@@H]1SC[C@H](NC(=O)[C@H](Cc1ccccc1)NC(=O)OC(C)(C)C)C(=O)N[C@@H](C)C(=O)OCc1ccccc1. The highest BCUT2D eigenvalue weighted by molar-refractivity contribution is 7.99. The van der Waals surface area contributed by atoms with Crippen LogP contribution in [0.1, 0.15) is 66.5 Å². The van der Waals surface area contributed by atoms with E-state index in [1.54, 1.807) is 81.4 Å². The van der Waals surface area contributed by atoms with Crippen LogP contribution in [0, 0.1) is 0 Å². The van der Waals surface area contributed by atoms with Gasteiger partial charge in [0.25, 0.3) is 0 Å². The molecule has 1 heterocycles. The predicted molar refractivity (Wildman–Crippen MR) is 216 cm³/mol. The van der Waals surface area contributed by atoms with E-state index in [0.717, 1.165) is 32.5 Å². The average Bonchev–Trinajstić information content (AvgIpc) is 3.15. The van der Waals surface area contributed by atoms with Gasteiger partial charge >= 0.3 is 30.0 Å². The van der Waals surface area contributed by atoms with Crippen molar-refractivity contribution in [3.8, 4) is 0 Å². The first-order chi connectivity index (χ1) is 28.2. The zero-order valence-electron chi connectivity index (χ0n) is 34.8. The fraction of sp³-hybridized carbons (Fsp3) is 0.512. The summed E-state index contributed by atoms with van der Waals surface area (Å²) in [6.45, 7) is 10.4. The van der Waals surface area contributed by atoms with Gasteiger partial charge < -0.3 is 49.7 Å². The highest BCUT2D eigenvalue weighted by atomic mass is 32.2. The molecule has 0 radical (unpaired) electrons. The van der Waals surface area contributed by atoms with Crippen molar-refractivity contribution in [2.75, 3.05) is 12.4 Å². The van der Waals surface area contributed by atoms with Crippen molar-refractivity contribution < 1.29 is 66.8 Å². The van der Waals surface area contributed by atoms with Gasteiger partial charge in [-0.1, -0.05) is 60.7 Å². The summed E-state index contributed by atoms with van der Waals surface area (Å²) in [4.78, 5) is 103. The van der Waals surface area contributed by atoms with Gasteiger partial charge in [0, 0.05) is 39.9 Å². The van der Waals surface area contributed by atoms with Crippen LogP contribution < -0.4 is 21.3 Å². The molecule has 4 N–H and O–H groups in total. The Morgan fingerprint density at radius 3 is 1.83 bits per heavy atom. The van der Waals surface area contributed by atoms with E-state index in [9.17, 15) is 38.4 Å². The Kier molecular flexibility index (Phi) is 18.8. The summed E-state index contributed by atoms with van der Waals surface area (Å²) in [6.07, 6.45) is -4.88. The van der Waals surface area contributed by atoms with E-state index in [4.69, 9.17) is 28.4 Å². The third kappa shape index (κ3) is 16.9. The van der Waals surface area contributed by atoms with Crippen molar-refractivity contribution in [2.24, 2.45) is 0 Å². The molecule has 0 spiro atoms. The van der Waals surface area contributed by atoms with E-state index in [1.165, 1.54) is 13.8 Å². The van der Waals surface area contributed by atoms with Crippen LogP contribution in [-0.2, 0) is 75.0 Å². The lowest BCUT2D eigenvalue weighted by molar-refractivity contribution is -0.211. The molecule has 4 amide bonds. The van der Waals surface area contributed by atoms with Gasteiger partial charge in [-0.05, 0) is 38.8 Å². The minimum atomic E-state index is -1.46. The molecule has 1 saturated heterocycles. The quantitative estimate of drug-likeness (QED) is 0.124. The first-order valence-electron chi connectivity index (χ1n) is 19.1. The van der Waals surface area contributed by atoms with Crippen LogP contribution in [0.4, 0.5) is 4.79 Å². The maximum atomic E-state index is 14.1. The maximum Gasteiger partial charge on any atom is 0.408 e. The number of benzene rings is 2. The van der Waals surface area contributed by atoms with Crippen LogP contribution in [0.3, 0.4) is 0 Å². The predicted octanol–water partition coefficient (Wildman–Crippen LogP) is 2.24. The highest BCUT2D eigenvalue weighted by Crippen LogP contribution is 2.33. The number of hydrogen-bond acceptors (Lipinski definition) is 15. The molecule has 1 fully saturated rings. The summed E-state index contributed by atoms with van der Waals surface area (Å²) in [5, 5.41) is 10.5. The summed E-state index contributed by atoms with van der Waals surface area (Å²) in [6, 6.07) is 12.5. The first kappa shape index (κ1) is 48.7. The van der Waals surface area contributed by atoms with Gasteiger partial charge in [-0.25, -0.2) is 9.59 Å². The van der Waals surface area contributed by atoms with E-state index in [1.807, 2.05) is 0 Å². The summed E-state index contributed by atoms with van der Waals surface area (Å²) in [5.74, 6) is -5.60. The second-order valence-corrected chi connectivity index (χ2v) is 16.0. The highest BCUT2D eigenvalue weighted by Gasteiger charge is 2.51. The van der Waals surface area contributed by atoms with E-state index in [-0.39, 0.29) is 18.8 Å². The molecule has 1 aliphatic rings. The van der Waals surface area contributed by atoms with Crippen LogP contribution in [0.5, 0.6) is 0 Å². The number of amides is 4. The van der Waals surface area contributed by atoms with Crippen molar-refractivity contribution in [2.45, 2.75) is 122 Å². The zero-order valence-corrected chi connectivity index (χ0v) is 35.7. The maximum absolute atomic E-state index is 14.1. The standard InChI is InChI=1S/C41H54N4O14S/c1-23(38(52)55-20-29-17-13-10-14-18-29)42-37(51)31(44-36(50)30(19-28-15-11-9-12-16-28)45-40(53)59-41(6,7)8)22-60-39-33(43-24(2)46)35(57-27(5)49)34(56-26(4)48)32(58-39)21-54-25(3)47/h9-18,23,30-35,39H,19-22H2,1-8H3,(H,42,51)(H,43,46)(H,44,50)(H,45,53)/t23-,30-,31-,32+,33+,34-,35+,39+/m0/s1. The number of hydrogen-bond donors (Lipinski definition) is 4. The van der Waals surface area contributed by atoms with E-state index >= 15 is 0 Å². The molecule has 3 rings (SSSR count).